The monoisotopic (exact) mass is 241 g/mol. The quantitative estimate of drug-likeness (QED) is 0.771. The molecule has 1 amide bonds. The van der Waals surface area contributed by atoms with E-state index in [-0.39, 0.29) is 0 Å². The summed E-state index contributed by atoms with van der Waals surface area (Å²) in [5, 5.41) is 11.9. The first kappa shape index (κ1) is 11.0. The van der Waals surface area contributed by atoms with Crippen LogP contribution >= 0.6 is 11.5 Å². The van der Waals surface area contributed by atoms with Crippen molar-refractivity contribution in [2.45, 2.75) is 26.2 Å². The number of rotatable bonds is 3. The molecule has 0 atom stereocenters. The first-order chi connectivity index (χ1) is 7.54. The minimum absolute atomic E-state index is 0.357. The fourth-order valence-electron chi connectivity index (χ4n) is 1.63. The number of nitrogens with zero attached hydrogens (tertiary/aromatic N) is 2. The van der Waals surface area contributed by atoms with Gasteiger partial charge in [0.2, 0.25) is 11.0 Å². The second-order valence-electron chi connectivity index (χ2n) is 3.84. The number of carboxylic acids is 1. The van der Waals surface area contributed by atoms with Crippen LogP contribution in [0.1, 0.15) is 25.1 Å². The number of aryl methyl sites for hydroxylation is 1. The van der Waals surface area contributed by atoms with Crippen molar-refractivity contribution in [2.24, 2.45) is 5.41 Å². The van der Waals surface area contributed by atoms with Crippen molar-refractivity contribution in [3.63, 3.8) is 0 Å². The van der Waals surface area contributed by atoms with Crippen LogP contribution in [0.15, 0.2) is 0 Å². The predicted molar refractivity (Wildman–Crippen MR) is 57.2 cm³/mol. The lowest BCUT2D eigenvalue weighted by molar-refractivity contribution is -0.159. The number of aliphatic carboxylic acids is 1. The van der Waals surface area contributed by atoms with Gasteiger partial charge in [-0.05, 0) is 19.8 Å². The molecule has 1 saturated carbocycles. The molecule has 1 aliphatic rings. The minimum Gasteiger partial charge on any atom is -0.480 e. The maximum atomic E-state index is 11.8. The molecule has 0 unspecified atom stereocenters. The summed E-state index contributed by atoms with van der Waals surface area (Å²) in [4.78, 5) is 26.8. The van der Waals surface area contributed by atoms with Crippen LogP contribution in [-0.2, 0) is 9.59 Å². The lowest BCUT2D eigenvalue weighted by atomic mass is 9.68. The SMILES string of the molecule is Cc1nsc(NC(=O)C2(C(=O)O)CCC2)n1. The second-order valence-corrected chi connectivity index (χ2v) is 4.59. The van der Waals surface area contributed by atoms with Crippen LogP contribution in [-0.4, -0.2) is 26.3 Å². The first-order valence-corrected chi connectivity index (χ1v) is 5.67. The van der Waals surface area contributed by atoms with Gasteiger partial charge >= 0.3 is 5.97 Å². The molecule has 0 saturated heterocycles. The molecule has 0 bridgehead atoms. The summed E-state index contributed by atoms with van der Waals surface area (Å²) in [6.45, 7) is 1.71. The minimum atomic E-state index is -1.25. The van der Waals surface area contributed by atoms with E-state index in [0.29, 0.717) is 23.8 Å². The summed E-state index contributed by atoms with van der Waals surface area (Å²) >= 11 is 1.05. The Balaban J connectivity index is 2.10. The van der Waals surface area contributed by atoms with E-state index in [9.17, 15) is 9.59 Å². The third kappa shape index (κ3) is 1.67. The smallest absolute Gasteiger partial charge is 0.319 e. The Labute approximate surface area is 95.9 Å². The second kappa shape index (κ2) is 3.82. The van der Waals surface area contributed by atoms with Crippen LogP contribution in [0, 0.1) is 12.3 Å². The van der Waals surface area contributed by atoms with Crippen LogP contribution in [0.4, 0.5) is 5.13 Å². The zero-order valence-corrected chi connectivity index (χ0v) is 9.50. The van der Waals surface area contributed by atoms with Crippen LogP contribution in [0.3, 0.4) is 0 Å². The third-order valence-electron chi connectivity index (χ3n) is 2.80. The van der Waals surface area contributed by atoms with Crippen LogP contribution in [0.5, 0.6) is 0 Å². The molecular weight excluding hydrogens is 230 g/mol. The highest BCUT2D eigenvalue weighted by atomic mass is 32.1. The molecule has 16 heavy (non-hydrogen) atoms. The summed E-state index contributed by atoms with van der Waals surface area (Å²) in [6, 6.07) is 0. The fraction of sp³-hybridized carbons (Fsp3) is 0.556. The highest BCUT2D eigenvalue weighted by Gasteiger charge is 2.51. The highest BCUT2D eigenvalue weighted by Crippen LogP contribution is 2.42. The summed E-state index contributed by atoms with van der Waals surface area (Å²) < 4.78 is 3.91. The lowest BCUT2D eigenvalue weighted by Gasteiger charge is -2.35. The van der Waals surface area contributed by atoms with E-state index < -0.39 is 17.3 Å². The Bertz CT molecular complexity index is 439. The molecule has 2 rings (SSSR count). The number of hydrogen-bond acceptors (Lipinski definition) is 5. The van der Waals surface area contributed by atoms with E-state index in [2.05, 4.69) is 14.7 Å². The number of carboxylic acid groups (broad SMARTS) is 1. The molecule has 0 aliphatic heterocycles. The van der Waals surface area contributed by atoms with Gasteiger partial charge in [0.1, 0.15) is 11.2 Å². The number of hydrogen-bond donors (Lipinski definition) is 2. The summed E-state index contributed by atoms with van der Waals surface area (Å²) in [6.07, 6.45) is 1.56. The van der Waals surface area contributed by atoms with E-state index in [0.717, 1.165) is 18.0 Å². The summed E-state index contributed by atoms with van der Waals surface area (Å²) in [7, 11) is 0. The van der Waals surface area contributed by atoms with Crippen molar-refractivity contribution in [1.82, 2.24) is 9.36 Å². The Morgan fingerprint density at radius 3 is 2.56 bits per heavy atom. The van der Waals surface area contributed by atoms with Crippen LogP contribution < -0.4 is 5.32 Å². The van der Waals surface area contributed by atoms with Gasteiger partial charge in [0, 0.05) is 11.5 Å². The molecule has 1 aromatic heterocycles. The Morgan fingerprint density at radius 2 is 2.19 bits per heavy atom. The molecule has 1 heterocycles. The average Bonchev–Trinajstić information content (AvgIpc) is 2.47. The zero-order chi connectivity index (χ0) is 11.8. The van der Waals surface area contributed by atoms with Crippen LogP contribution in [0.2, 0.25) is 0 Å². The van der Waals surface area contributed by atoms with Gasteiger partial charge in [-0.2, -0.15) is 4.37 Å². The Kier molecular flexibility index (Phi) is 2.63. The van der Waals surface area contributed by atoms with Gasteiger partial charge in [-0.25, -0.2) is 4.98 Å². The normalized spacial score (nSPS) is 17.6. The van der Waals surface area contributed by atoms with Gasteiger partial charge in [0.25, 0.3) is 0 Å². The topological polar surface area (TPSA) is 92.2 Å². The Morgan fingerprint density at radius 1 is 1.50 bits per heavy atom. The Hall–Kier alpha value is -1.50. The number of carbonyl (C=O) groups excluding carboxylic acids is 1. The van der Waals surface area contributed by atoms with Gasteiger partial charge in [0.05, 0.1) is 0 Å². The van der Waals surface area contributed by atoms with Crippen molar-refractivity contribution >= 4 is 28.5 Å². The van der Waals surface area contributed by atoms with E-state index in [1.165, 1.54) is 0 Å². The molecular formula is C9H11N3O3S. The highest BCUT2D eigenvalue weighted by molar-refractivity contribution is 7.09. The summed E-state index contributed by atoms with van der Waals surface area (Å²) in [5.41, 5.74) is -1.25. The van der Waals surface area contributed by atoms with Gasteiger partial charge in [-0.1, -0.05) is 6.42 Å². The molecule has 1 aliphatic carbocycles. The maximum absolute atomic E-state index is 11.8. The molecule has 1 fully saturated rings. The average molecular weight is 241 g/mol. The number of anilines is 1. The molecule has 0 radical (unpaired) electrons. The molecule has 6 nitrogen and oxygen atoms in total. The molecule has 0 spiro atoms. The third-order valence-corrected chi connectivity index (χ3v) is 3.52. The van der Waals surface area contributed by atoms with Gasteiger partial charge < -0.3 is 5.11 Å². The molecule has 86 valence electrons. The largest absolute Gasteiger partial charge is 0.480 e. The molecule has 0 aromatic carbocycles. The fourth-order valence-corrected chi connectivity index (χ4v) is 2.20. The van der Waals surface area contributed by atoms with Gasteiger partial charge in [0.15, 0.2) is 0 Å². The first-order valence-electron chi connectivity index (χ1n) is 4.90. The maximum Gasteiger partial charge on any atom is 0.319 e. The van der Waals surface area contributed by atoms with E-state index >= 15 is 0 Å². The summed E-state index contributed by atoms with van der Waals surface area (Å²) in [5.74, 6) is -0.974. The van der Waals surface area contributed by atoms with Crippen molar-refractivity contribution in [2.75, 3.05) is 5.32 Å². The van der Waals surface area contributed by atoms with E-state index in [4.69, 9.17) is 5.11 Å². The van der Waals surface area contributed by atoms with Crippen molar-refractivity contribution in [3.05, 3.63) is 5.82 Å². The molecule has 1 aromatic rings. The molecule has 2 N–H and O–H groups in total. The van der Waals surface area contributed by atoms with E-state index in [1.54, 1.807) is 6.92 Å². The van der Waals surface area contributed by atoms with Crippen LogP contribution in [0.25, 0.3) is 0 Å². The number of nitrogens with one attached hydrogen (secondary N) is 1. The van der Waals surface area contributed by atoms with Crippen molar-refractivity contribution < 1.29 is 14.7 Å². The number of amides is 1. The predicted octanol–water partition coefficient (Wildman–Crippen LogP) is 1.04. The number of carbonyl (C=O) groups is 2. The van der Waals surface area contributed by atoms with Gasteiger partial charge in [-0.15, -0.1) is 0 Å². The standard InChI is InChI=1S/C9H11N3O3S/c1-5-10-8(16-12-5)11-6(13)9(7(14)15)3-2-4-9/h2-4H2,1H3,(H,14,15)(H,10,11,12,13). The lowest BCUT2D eigenvalue weighted by Crippen LogP contribution is -2.48. The molecule has 7 heteroatoms. The van der Waals surface area contributed by atoms with Gasteiger partial charge in [-0.3, -0.25) is 14.9 Å². The zero-order valence-electron chi connectivity index (χ0n) is 8.69. The van der Waals surface area contributed by atoms with Crippen molar-refractivity contribution in [1.29, 1.82) is 0 Å². The number of aromatic nitrogens is 2. The van der Waals surface area contributed by atoms with Crippen molar-refractivity contribution in [3.8, 4) is 0 Å². The van der Waals surface area contributed by atoms with E-state index in [1.807, 2.05) is 0 Å².